The molecule has 0 bridgehead atoms. The number of benzene rings is 3. The molecule has 4 heteroatoms. The Morgan fingerprint density at radius 3 is 2.31 bits per heavy atom. The summed E-state index contributed by atoms with van der Waals surface area (Å²) in [5.41, 5.74) is 1.81. The van der Waals surface area contributed by atoms with Gasteiger partial charge in [-0.2, -0.15) is 0 Å². The maximum absolute atomic E-state index is 13.0. The predicted octanol–water partition coefficient (Wildman–Crippen LogP) is 5.07. The Hall–Kier alpha value is -2.85. The topological polar surface area (TPSA) is 37.4 Å². The number of anilines is 1. The number of rotatable bonds is 3. The van der Waals surface area contributed by atoms with Crippen molar-refractivity contribution in [2.24, 2.45) is 0 Å². The van der Waals surface area contributed by atoms with Gasteiger partial charge in [0.1, 0.15) is 0 Å². The third kappa shape index (κ3) is 2.63. The van der Waals surface area contributed by atoms with E-state index in [4.69, 9.17) is 0 Å². The molecule has 0 aromatic heterocycles. The van der Waals surface area contributed by atoms with Crippen LogP contribution < -0.4 is 4.90 Å². The minimum Gasteiger partial charge on any atom is -0.337 e. The minimum atomic E-state index is -0.232. The van der Waals surface area contributed by atoms with Crippen LogP contribution >= 0.6 is 11.8 Å². The maximum atomic E-state index is 13.0. The van der Waals surface area contributed by atoms with Crippen molar-refractivity contribution in [3.8, 4) is 0 Å². The molecule has 3 aromatic rings. The third-order valence-electron chi connectivity index (χ3n) is 4.54. The summed E-state index contributed by atoms with van der Waals surface area (Å²) in [5.74, 6) is -0.449. The first-order valence-corrected chi connectivity index (χ1v) is 9.18. The lowest BCUT2D eigenvalue weighted by atomic mass is 10.0. The molecule has 1 aliphatic rings. The van der Waals surface area contributed by atoms with Gasteiger partial charge in [-0.25, -0.2) is 0 Å². The van der Waals surface area contributed by atoms with Crippen LogP contribution in [0.1, 0.15) is 17.3 Å². The van der Waals surface area contributed by atoms with Crippen LogP contribution in [0.2, 0.25) is 0 Å². The lowest BCUT2D eigenvalue weighted by Crippen LogP contribution is -2.20. The highest BCUT2D eigenvalue weighted by atomic mass is 32.2. The zero-order chi connectivity index (χ0) is 18.3. The van der Waals surface area contributed by atoms with Gasteiger partial charge in [0.05, 0.1) is 16.3 Å². The first kappa shape index (κ1) is 16.6. The number of carbonyl (C=O) groups is 2. The Morgan fingerprint density at radius 2 is 1.58 bits per heavy atom. The van der Waals surface area contributed by atoms with Gasteiger partial charge >= 0.3 is 0 Å². The smallest absolute Gasteiger partial charge is 0.199 e. The fourth-order valence-electron chi connectivity index (χ4n) is 3.30. The highest BCUT2D eigenvalue weighted by Gasteiger charge is 2.31. The number of thioether (sulfide) groups is 1. The summed E-state index contributed by atoms with van der Waals surface area (Å²) in [4.78, 5) is 28.4. The molecule has 0 saturated carbocycles. The highest BCUT2D eigenvalue weighted by molar-refractivity contribution is 8.03. The first-order chi connectivity index (χ1) is 12.6. The molecule has 0 aliphatic carbocycles. The van der Waals surface area contributed by atoms with E-state index in [1.54, 1.807) is 12.1 Å². The lowest BCUT2D eigenvalue weighted by Gasteiger charge is -2.18. The number of carbonyl (C=O) groups excluding carboxylic acids is 2. The van der Waals surface area contributed by atoms with Crippen LogP contribution in [0.25, 0.3) is 10.8 Å². The van der Waals surface area contributed by atoms with Crippen LogP contribution in [0.3, 0.4) is 0 Å². The van der Waals surface area contributed by atoms with Crippen LogP contribution in [0, 0.1) is 0 Å². The average Bonchev–Trinajstić information content (AvgIpc) is 2.99. The van der Waals surface area contributed by atoms with Crippen LogP contribution in [-0.4, -0.2) is 18.6 Å². The fourth-order valence-corrected chi connectivity index (χ4v) is 4.55. The molecule has 0 atom stereocenters. The van der Waals surface area contributed by atoms with E-state index in [-0.39, 0.29) is 17.1 Å². The minimum absolute atomic E-state index is 0.217. The van der Waals surface area contributed by atoms with Crippen LogP contribution in [0.15, 0.2) is 82.2 Å². The van der Waals surface area contributed by atoms with Crippen molar-refractivity contribution < 1.29 is 9.59 Å². The normalized spacial score (nSPS) is 15.1. The summed E-state index contributed by atoms with van der Waals surface area (Å²) in [6.07, 6.45) is 0. The third-order valence-corrected chi connectivity index (χ3v) is 5.76. The summed E-state index contributed by atoms with van der Waals surface area (Å²) in [7, 11) is 1.92. The van der Waals surface area contributed by atoms with E-state index in [1.165, 1.54) is 18.7 Å². The zero-order valence-corrected chi connectivity index (χ0v) is 15.3. The molecular formula is C22H17NO2S. The molecule has 0 spiro atoms. The second-order valence-electron chi connectivity index (χ2n) is 6.23. The SMILES string of the molecule is CC(=O)/C(C(=O)c1ccccc1)=C1/Sc2ccc3ccccc3c2N1C. The molecule has 0 radical (unpaired) electrons. The van der Waals surface area contributed by atoms with E-state index in [0.717, 1.165) is 21.4 Å². The predicted molar refractivity (Wildman–Crippen MR) is 107 cm³/mol. The van der Waals surface area contributed by atoms with Gasteiger partial charge in [0, 0.05) is 22.9 Å². The molecule has 128 valence electrons. The molecule has 4 rings (SSSR count). The van der Waals surface area contributed by atoms with Crippen molar-refractivity contribution in [3.05, 3.63) is 82.9 Å². The number of allylic oxidation sites excluding steroid dienone is 1. The van der Waals surface area contributed by atoms with Gasteiger partial charge in [0.2, 0.25) is 0 Å². The molecule has 1 aliphatic heterocycles. The number of nitrogens with zero attached hydrogens (tertiary/aromatic N) is 1. The zero-order valence-electron chi connectivity index (χ0n) is 14.5. The Labute approximate surface area is 156 Å². The first-order valence-electron chi connectivity index (χ1n) is 8.36. The van der Waals surface area contributed by atoms with Crippen molar-refractivity contribution >= 4 is 39.8 Å². The molecule has 0 N–H and O–H groups in total. The van der Waals surface area contributed by atoms with E-state index >= 15 is 0 Å². The molecule has 26 heavy (non-hydrogen) atoms. The van der Waals surface area contributed by atoms with Gasteiger partial charge in [0.25, 0.3) is 0 Å². The molecule has 1 heterocycles. The van der Waals surface area contributed by atoms with Crippen molar-refractivity contribution in [3.63, 3.8) is 0 Å². The van der Waals surface area contributed by atoms with Crippen LogP contribution in [0.4, 0.5) is 5.69 Å². The van der Waals surface area contributed by atoms with E-state index < -0.39 is 0 Å². The van der Waals surface area contributed by atoms with E-state index in [1.807, 2.05) is 42.3 Å². The molecule has 0 saturated heterocycles. The number of fused-ring (bicyclic) bond motifs is 3. The Bertz CT molecular complexity index is 1070. The van der Waals surface area contributed by atoms with E-state index in [9.17, 15) is 9.59 Å². The van der Waals surface area contributed by atoms with Gasteiger partial charge in [0.15, 0.2) is 11.6 Å². The lowest BCUT2D eigenvalue weighted by molar-refractivity contribution is -0.113. The van der Waals surface area contributed by atoms with Crippen molar-refractivity contribution in [2.45, 2.75) is 11.8 Å². The molecular weight excluding hydrogens is 342 g/mol. The largest absolute Gasteiger partial charge is 0.337 e. The quantitative estimate of drug-likeness (QED) is 0.283. The van der Waals surface area contributed by atoms with Gasteiger partial charge in [-0.1, -0.05) is 72.4 Å². The molecule has 0 amide bonds. The highest BCUT2D eigenvalue weighted by Crippen LogP contribution is 2.49. The van der Waals surface area contributed by atoms with Crippen molar-refractivity contribution in [2.75, 3.05) is 11.9 Å². The number of hydrogen-bond donors (Lipinski definition) is 0. The molecule has 0 fully saturated rings. The van der Waals surface area contributed by atoms with Crippen molar-refractivity contribution in [1.82, 2.24) is 0 Å². The molecule has 3 nitrogen and oxygen atoms in total. The van der Waals surface area contributed by atoms with Gasteiger partial charge in [-0.3, -0.25) is 9.59 Å². The Balaban J connectivity index is 1.89. The maximum Gasteiger partial charge on any atom is 0.199 e. The summed E-state index contributed by atoms with van der Waals surface area (Å²) in [6, 6.07) is 21.2. The summed E-state index contributed by atoms with van der Waals surface area (Å²) in [5, 5.41) is 2.95. The molecule has 3 aromatic carbocycles. The second kappa shape index (κ2) is 6.46. The summed E-state index contributed by atoms with van der Waals surface area (Å²) >= 11 is 1.48. The van der Waals surface area contributed by atoms with Gasteiger partial charge < -0.3 is 4.90 Å². The summed E-state index contributed by atoms with van der Waals surface area (Å²) < 4.78 is 0. The monoisotopic (exact) mass is 359 g/mol. The van der Waals surface area contributed by atoms with Crippen molar-refractivity contribution in [1.29, 1.82) is 0 Å². The molecule has 0 unspecified atom stereocenters. The van der Waals surface area contributed by atoms with Gasteiger partial charge in [-0.15, -0.1) is 0 Å². The van der Waals surface area contributed by atoms with Crippen LogP contribution in [0.5, 0.6) is 0 Å². The van der Waals surface area contributed by atoms with Crippen LogP contribution in [-0.2, 0) is 4.79 Å². The average molecular weight is 359 g/mol. The number of hydrogen-bond acceptors (Lipinski definition) is 4. The Kier molecular flexibility index (Phi) is 4.13. The number of Topliss-reactive ketones (excluding diaryl/α,β-unsaturated/α-hetero) is 2. The van der Waals surface area contributed by atoms with E-state index in [0.29, 0.717) is 10.6 Å². The van der Waals surface area contributed by atoms with Gasteiger partial charge in [-0.05, 0) is 18.4 Å². The summed E-state index contributed by atoms with van der Waals surface area (Å²) in [6.45, 7) is 1.46. The standard InChI is InChI=1S/C22H17NO2S/c1-14(24)19(21(25)16-9-4-3-5-10-16)22-23(2)20-17-11-7-6-8-15(17)12-13-18(20)26-22/h3-13H,1-2H3/b22-19-. The number of ketones is 2. The fraction of sp³-hybridized carbons (Fsp3) is 0.0909. The second-order valence-corrected chi connectivity index (χ2v) is 7.26. The van der Waals surface area contributed by atoms with E-state index in [2.05, 4.69) is 24.3 Å². The Morgan fingerprint density at radius 1 is 0.885 bits per heavy atom.